The number of carbonyl (C=O) groups excluding carboxylic acids is 1. The summed E-state index contributed by atoms with van der Waals surface area (Å²) in [4.78, 5) is 27.9. The fraction of sp³-hybridized carbons (Fsp3) is 0.357. The average Bonchev–Trinajstić information content (AvgIpc) is 2.85. The smallest absolute Gasteiger partial charge is 0.351 e. The van der Waals surface area contributed by atoms with Crippen LogP contribution < -0.4 is 11.0 Å². The van der Waals surface area contributed by atoms with Crippen LogP contribution in [0.4, 0.5) is 10.2 Å². The number of aromatic nitrogens is 4. The monoisotopic (exact) mass is 477 g/mol. The molecule has 3 unspecified atom stereocenters. The second-order valence-electron chi connectivity index (χ2n) is 5.39. The maximum absolute atomic E-state index is 14.7. The summed E-state index contributed by atoms with van der Waals surface area (Å²) in [6, 6.07) is 4.22. The molecule has 138 valence electrons. The lowest BCUT2D eigenvalue weighted by molar-refractivity contribution is -0.0499. The van der Waals surface area contributed by atoms with E-state index in [1.165, 1.54) is 53.2 Å². The van der Waals surface area contributed by atoms with Crippen LogP contribution in [-0.4, -0.2) is 58.4 Å². The maximum atomic E-state index is 14.7. The summed E-state index contributed by atoms with van der Waals surface area (Å²) in [5.74, 6) is -0.693. The van der Waals surface area contributed by atoms with Crippen LogP contribution in [0.15, 0.2) is 35.4 Å². The van der Waals surface area contributed by atoms with Gasteiger partial charge in [-0.1, -0.05) is 0 Å². The van der Waals surface area contributed by atoms with Crippen LogP contribution in [0.3, 0.4) is 0 Å². The van der Waals surface area contributed by atoms with Crippen LogP contribution in [-0.2, 0) is 4.74 Å². The largest absolute Gasteiger partial charge is 0.394 e. The van der Waals surface area contributed by atoms with Crippen molar-refractivity contribution in [2.75, 3.05) is 11.9 Å². The molecular formula is C14H13FIN5O5. The first kappa shape index (κ1) is 18.8. The molecule has 1 fully saturated rings. The van der Waals surface area contributed by atoms with Gasteiger partial charge in [-0.05, 0) is 40.8 Å². The van der Waals surface area contributed by atoms with Gasteiger partial charge in [-0.15, -0.1) is 5.10 Å². The first-order valence-corrected chi connectivity index (χ1v) is 8.43. The molecule has 1 aliphatic heterocycles. The number of hydrogen-bond acceptors (Lipinski definition) is 8. The van der Waals surface area contributed by atoms with Gasteiger partial charge >= 0.3 is 5.69 Å². The van der Waals surface area contributed by atoms with Crippen LogP contribution >= 0.6 is 22.6 Å². The Morgan fingerprint density at radius 1 is 1.50 bits per heavy atom. The number of ether oxygens (including phenoxy) is 1. The van der Waals surface area contributed by atoms with E-state index >= 15 is 0 Å². The Kier molecular flexibility index (Phi) is 5.27. The molecule has 0 aromatic carbocycles. The summed E-state index contributed by atoms with van der Waals surface area (Å²) in [5.41, 5.74) is -0.877. The SMILES string of the molecule is O=C(Nc1ccn(C2O[C@H](CO)C(O)C2(F)I)c(=O)n1)c1cccnn1. The van der Waals surface area contributed by atoms with Gasteiger partial charge in [0.2, 0.25) is 3.68 Å². The summed E-state index contributed by atoms with van der Waals surface area (Å²) >= 11 is 1.32. The highest BCUT2D eigenvalue weighted by Gasteiger charge is 2.56. The fourth-order valence-corrected chi connectivity index (χ4v) is 3.23. The molecule has 2 aromatic heterocycles. The number of halogens is 2. The molecule has 0 radical (unpaired) electrons. The zero-order valence-corrected chi connectivity index (χ0v) is 15.1. The van der Waals surface area contributed by atoms with Gasteiger partial charge in [-0.25, -0.2) is 9.18 Å². The molecule has 3 rings (SSSR count). The summed E-state index contributed by atoms with van der Waals surface area (Å²) < 4.78 is 18.5. The lowest BCUT2D eigenvalue weighted by Crippen LogP contribution is -2.40. The van der Waals surface area contributed by atoms with Crippen molar-refractivity contribution >= 4 is 34.3 Å². The molecule has 1 amide bonds. The van der Waals surface area contributed by atoms with Crippen LogP contribution in [0.5, 0.6) is 0 Å². The predicted molar refractivity (Wildman–Crippen MR) is 93.3 cm³/mol. The number of aliphatic hydroxyl groups excluding tert-OH is 2. The Morgan fingerprint density at radius 3 is 2.85 bits per heavy atom. The molecule has 1 saturated heterocycles. The second-order valence-corrected chi connectivity index (χ2v) is 7.05. The Balaban J connectivity index is 1.82. The Hall–Kier alpha value is -2.03. The second kappa shape index (κ2) is 7.30. The zero-order valence-electron chi connectivity index (χ0n) is 13.0. The van der Waals surface area contributed by atoms with Crippen molar-refractivity contribution in [3.05, 3.63) is 46.8 Å². The maximum Gasteiger partial charge on any atom is 0.351 e. The topological polar surface area (TPSA) is 139 Å². The minimum absolute atomic E-state index is 0.0292. The summed E-state index contributed by atoms with van der Waals surface area (Å²) in [6.07, 6.45) is -1.71. The molecule has 4 atom stereocenters. The number of rotatable bonds is 4. The fourth-order valence-electron chi connectivity index (χ4n) is 2.38. The number of carbonyl (C=O) groups is 1. The lowest BCUT2D eigenvalue weighted by atomic mass is 10.1. The lowest BCUT2D eigenvalue weighted by Gasteiger charge is -2.23. The Labute approximate surface area is 159 Å². The third-order valence-electron chi connectivity index (χ3n) is 3.69. The van der Waals surface area contributed by atoms with Gasteiger partial charge in [0, 0.05) is 12.4 Å². The molecule has 2 aromatic rings. The van der Waals surface area contributed by atoms with Crippen LogP contribution in [0.1, 0.15) is 16.7 Å². The van der Waals surface area contributed by atoms with E-state index < -0.39 is 40.3 Å². The molecule has 1 aliphatic rings. The van der Waals surface area contributed by atoms with Crippen molar-refractivity contribution in [1.82, 2.24) is 19.7 Å². The van der Waals surface area contributed by atoms with Crippen molar-refractivity contribution in [1.29, 1.82) is 0 Å². The first-order chi connectivity index (χ1) is 12.3. The molecule has 0 aliphatic carbocycles. The summed E-state index contributed by atoms with van der Waals surface area (Å²) in [7, 11) is 0. The van der Waals surface area contributed by atoms with Gasteiger partial charge in [-0.2, -0.15) is 10.1 Å². The van der Waals surface area contributed by atoms with Crippen molar-refractivity contribution in [2.45, 2.75) is 22.1 Å². The average molecular weight is 477 g/mol. The van der Waals surface area contributed by atoms with Gasteiger partial charge in [0.15, 0.2) is 11.9 Å². The molecule has 3 heterocycles. The molecule has 3 N–H and O–H groups in total. The molecule has 0 bridgehead atoms. The molecule has 0 spiro atoms. The molecule has 10 nitrogen and oxygen atoms in total. The van der Waals surface area contributed by atoms with Crippen molar-refractivity contribution in [3.8, 4) is 0 Å². The minimum Gasteiger partial charge on any atom is -0.394 e. The molecular weight excluding hydrogens is 464 g/mol. The van der Waals surface area contributed by atoms with E-state index in [-0.39, 0.29) is 11.5 Å². The van der Waals surface area contributed by atoms with Gasteiger partial charge in [0.25, 0.3) is 5.91 Å². The van der Waals surface area contributed by atoms with E-state index in [4.69, 9.17) is 9.84 Å². The first-order valence-electron chi connectivity index (χ1n) is 7.35. The number of alkyl halides is 2. The number of nitrogens with zero attached hydrogens (tertiary/aromatic N) is 4. The molecule has 26 heavy (non-hydrogen) atoms. The quantitative estimate of drug-likeness (QED) is 0.401. The van der Waals surface area contributed by atoms with E-state index in [1.54, 1.807) is 0 Å². The van der Waals surface area contributed by atoms with Crippen molar-refractivity contribution in [3.63, 3.8) is 0 Å². The van der Waals surface area contributed by atoms with Crippen LogP contribution in [0.2, 0.25) is 0 Å². The third kappa shape index (κ3) is 3.44. The number of amides is 1. The van der Waals surface area contributed by atoms with E-state index in [0.717, 1.165) is 4.57 Å². The predicted octanol–water partition coefficient (Wildman–Crippen LogP) is -0.363. The number of aliphatic hydroxyl groups is 2. The van der Waals surface area contributed by atoms with Crippen molar-refractivity contribution < 1.29 is 24.1 Å². The highest BCUT2D eigenvalue weighted by molar-refractivity contribution is 14.1. The normalized spacial score (nSPS) is 28.1. The Morgan fingerprint density at radius 2 is 2.27 bits per heavy atom. The summed E-state index contributed by atoms with van der Waals surface area (Å²) in [6.45, 7) is -0.610. The van der Waals surface area contributed by atoms with Crippen molar-refractivity contribution in [2.24, 2.45) is 0 Å². The minimum atomic E-state index is -2.35. The zero-order chi connectivity index (χ0) is 18.9. The highest BCUT2D eigenvalue weighted by Crippen LogP contribution is 2.45. The standard InChI is InChI=1S/C14H13FIN5O5/c15-14(16)10(23)8(6-22)26-12(14)21-5-3-9(19-13(21)25)18-11(24)7-2-1-4-17-20-7/h1-5,8,10,12,22-23H,6H2,(H,18,19,24,25)/t8-,10?,12?,14?/m1/s1. The van der Waals surface area contributed by atoms with Gasteiger partial charge in [0.05, 0.1) is 6.61 Å². The van der Waals surface area contributed by atoms with Gasteiger partial charge < -0.3 is 20.3 Å². The molecule has 0 saturated carbocycles. The molecule has 12 heteroatoms. The Bertz CT molecular complexity index is 864. The van der Waals surface area contributed by atoms with Crippen LogP contribution in [0.25, 0.3) is 0 Å². The third-order valence-corrected chi connectivity index (χ3v) is 4.86. The number of hydrogen-bond donors (Lipinski definition) is 3. The summed E-state index contributed by atoms with van der Waals surface area (Å²) in [5, 5.41) is 28.6. The van der Waals surface area contributed by atoms with Gasteiger partial charge in [0.1, 0.15) is 18.0 Å². The number of anilines is 1. The van der Waals surface area contributed by atoms with E-state index in [1.807, 2.05) is 0 Å². The van der Waals surface area contributed by atoms with Gasteiger partial charge in [-0.3, -0.25) is 9.36 Å². The van der Waals surface area contributed by atoms with E-state index in [0.29, 0.717) is 0 Å². The highest BCUT2D eigenvalue weighted by atomic mass is 127. The van der Waals surface area contributed by atoms with E-state index in [2.05, 4.69) is 20.5 Å². The van der Waals surface area contributed by atoms with E-state index in [9.17, 15) is 19.1 Å². The van der Waals surface area contributed by atoms with Crippen LogP contribution in [0, 0.1) is 0 Å². The number of nitrogens with one attached hydrogen (secondary N) is 1.